The molecule has 1 aliphatic rings. The summed E-state index contributed by atoms with van der Waals surface area (Å²) in [5.74, 6) is -0.281. The second-order valence-electron chi connectivity index (χ2n) is 5.92. The molecule has 6 nitrogen and oxygen atoms in total. The Labute approximate surface area is 142 Å². The van der Waals surface area contributed by atoms with Crippen molar-refractivity contribution in [2.75, 3.05) is 25.0 Å². The molecular weight excluding hydrogens is 306 g/mol. The predicted octanol–water partition coefficient (Wildman–Crippen LogP) is 2.16. The molecule has 1 heterocycles. The number of carbonyl (C=O) groups is 2. The van der Waals surface area contributed by atoms with Crippen LogP contribution < -0.4 is 5.32 Å². The van der Waals surface area contributed by atoms with Gasteiger partial charge in [0, 0.05) is 5.69 Å². The first-order valence-corrected chi connectivity index (χ1v) is 8.26. The van der Waals surface area contributed by atoms with Gasteiger partial charge in [0.15, 0.2) is 0 Å². The zero-order chi connectivity index (χ0) is 17.5. The average Bonchev–Trinajstić information content (AvgIpc) is 2.62. The number of carbonyl (C=O) groups excluding carboxylic acids is 2. The van der Waals surface area contributed by atoms with Crippen LogP contribution >= 0.6 is 0 Å². The van der Waals surface area contributed by atoms with Crippen LogP contribution in [0.4, 0.5) is 5.69 Å². The van der Waals surface area contributed by atoms with E-state index in [2.05, 4.69) is 10.2 Å². The first kappa shape index (κ1) is 18.0. The summed E-state index contributed by atoms with van der Waals surface area (Å²) >= 11 is 0. The van der Waals surface area contributed by atoms with Crippen LogP contribution in [0.3, 0.4) is 0 Å². The van der Waals surface area contributed by atoms with E-state index in [1.54, 1.807) is 24.3 Å². The van der Waals surface area contributed by atoms with Crippen LogP contribution in [-0.2, 0) is 14.3 Å². The lowest BCUT2D eigenvalue weighted by Crippen LogP contribution is -2.47. The molecule has 1 aliphatic heterocycles. The van der Waals surface area contributed by atoms with E-state index in [1.165, 1.54) is 0 Å². The van der Waals surface area contributed by atoms with Gasteiger partial charge in [-0.05, 0) is 64.0 Å². The van der Waals surface area contributed by atoms with E-state index in [0.717, 1.165) is 0 Å². The molecule has 0 saturated carbocycles. The molecular formula is C18H23N3O3. The largest absolute Gasteiger partial charge is 0.466 e. The van der Waals surface area contributed by atoms with Crippen molar-refractivity contribution in [2.24, 2.45) is 5.92 Å². The van der Waals surface area contributed by atoms with Crippen molar-refractivity contribution < 1.29 is 14.3 Å². The highest BCUT2D eigenvalue weighted by molar-refractivity contribution is 5.94. The molecule has 1 aromatic carbocycles. The minimum atomic E-state index is -0.274. The number of piperidine rings is 1. The Morgan fingerprint density at radius 1 is 1.33 bits per heavy atom. The normalized spacial score (nSPS) is 16.9. The highest BCUT2D eigenvalue weighted by atomic mass is 16.5. The molecule has 2 rings (SSSR count). The molecule has 128 valence electrons. The average molecular weight is 329 g/mol. The third-order valence-corrected chi connectivity index (χ3v) is 4.36. The van der Waals surface area contributed by atoms with Gasteiger partial charge in [0.2, 0.25) is 5.91 Å². The summed E-state index contributed by atoms with van der Waals surface area (Å²) in [7, 11) is 0. The van der Waals surface area contributed by atoms with E-state index >= 15 is 0 Å². The Kier molecular flexibility index (Phi) is 6.33. The van der Waals surface area contributed by atoms with Crippen LogP contribution in [0.15, 0.2) is 24.3 Å². The number of esters is 1. The highest BCUT2D eigenvalue weighted by Crippen LogP contribution is 2.21. The van der Waals surface area contributed by atoms with Crippen LogP contribution in [0.5, 0.6) is 0 Å². The third kappa shape index (κ3) is 4.56. The standard InChI is InChI=1S/C18H23N3O3/c1-3-24-18(23)15-8-10-21(11-9-15)13(2)17(22)20-16-6-4-14(12-19)5-7-16/h4-7,13,15H,3,8-11H2,1-2H3,(H,20,22)/t13-/m0/s1. The minimum Gasteiger partial charge on any atom is -0.466 e. The number of rotatable bonds is 5. The number of anilines is 1. The number of benzene rings is 1. The molecule has 1 atom stereocenters. The molecule has 0 aliphatic carbocycles. The maximum Gasteiger partial charge on any atom is 0.309 e. The summed E-state index contributed by atoms with van der Waals surface area (Å²) in [6.45, 7) is 5.48. The molecule has 0 radical (unpaired) electrons. The summed E-state index contributed by atoms with van der Waals surface area (Å²) in [6.07, 6.45) is 1.43. The van der Waals surface area contributed by atoms with Gasteiger partial charge in [0.1, 0.15) is 0 Å². The Balaban J connectivity index is 1.85. The molecule has 1 saturated heterocycles. The number of nitrogens with one attached hydrogen (secondary N) is 1. The van der Waals surface area contributed by atoms with Crippen LogP contribution in [0, 0.1) is 17.2 Å². The molecule has 6 heteroatoms. The van der Waals surface area contributed by atoms with Crippen molar-refractivity contribution in [1.82, 2.24) is 4.90 Å². The van der Waals surface area contributed by atoms with Crippen LogP contribution in [0.25, 0.3) is 0 Å². The number of hydrogen-bond donors (Lipinski definition) is 1. The van der Waals surface area contributed by atoms with E-state index in [0.29, 0.717) is 43.8 Å². The lowest BCUT2D eigenvalue weighted by atomic mass is 9.96. The number of nitriles is 1. The van der Waals surface area contributed by atoms with Gasteiger partial charge in [0.05, 0.1) is 30.2 Å². The molecule has 1 fully saturated rings. The monoisotopic (exact) mass is 329 g/mol. The van der Waals surface area contributed by atoms with E-state index in [-0.39, 0.29) is 23.8 Å². The molecule has 0 aromatic heterocycles. The second kappa shape index (κ2) is 8.46. The van der Waals surface area contributed by atoms with Crippen LogP contribution in [-0.4, -0.2) is 42.5 Å². The van der Waals surface area contributed by atoms with Gasteiger partial charge >= 0.3 is 5.97 Å². The topological polar surface area (TPSA) is 82.4 Å². The maximum absolute atomic E-state index is 12.4. The summed E-state index contributed by atoms with van der Waals surface area (Å²) < 4.78 is 5.06. The molecule has 1 N–H and O–H groups in total. The predicted molar refractivity (Wildman–Crippen MR) is 90.2 cm³/mol. The van der Waals surface area contributed by atoms with Crippen molar-refractivity contribution in [3.63, 3.8) is 0 Å². The maximum atomic E-state index is 12.4. The number of hydrogen-bond acceptors (Lipinski definition) is 5. The van der Waals surface area contributed by atoms with Crippen LogP contribution in [0.2, 0.25) is 0 Å². The zero-order valence-electron chi connectivity index (χ0n) is 14.1. The number of nitrogens with zero attached hydrogens (tertiary/aromatic N) is 2. The zero-order valence-corrected chi connectivity index (χ0v) is 14.1. The molecule has 1 amide bonds. The van der Waals surface area contributed by atoms with Gasteiger partial charge in [-0.2, -0.15) is 5.26 Å². The van der Waals surface area contributed by atoms with E-state index in [4.69, 9.17) is 10.00 Å². The van der Waals surface area contributed by atoms with E-state index in [1.807, 2.05) is 19.9 Å². The fourth-order valence-electron chi connectivity index (χ4n) is 2.82. The third-order valence-electron chi connectivity index (χ3n) is 4.36. The van der Waals surface area contributed by atoms with Crippen molar-refractivity contribution in [3.8, 4) is 6.07 Å². The van der Waals surface area contributed by atoms with Gasteiger partial charge in [-0.25, -0.2) is 0 Å². The number of amides is 1. The quantitative estimate of drug-likeness (QED) is 0.837. The van der Waals surface area contributed by atoms with E-state index < -0.39 is 0 Å². The summed E-state index contributed by atoms with van der Waals surface area (Å²) in [5, 5.41) is 11.6. The van der Waals surface area contributed by atoms with Crippen molar-refractivity contribution in [2.45, 2.75) is 32.7 Å². The Morgan fingerprint density at radius 2 is 1.96 bits per heavy atom. The minimum absolute atomic E-state index is 0.0602. The SMILES string of the molecule is CCOC(=O)C1CCN([C@@H](C)C(=O)Nc2ccc(C#N)cc2)CC1. The fourth-order valence-corrected chi connectivity index (χ4v) is 2.82. The lowest BCUT2D eigenvalue weighted by Gasteiger charge is -2.34. The first-order valence-electron chi connectivity index (χ1n) is 8.26. The summed E-state index contributed by atoms with van der Waals surface area (Å²) in [4.78, 5) is 26.2. The van der Waals surface area contributed by atoms with Gasteiger partial charge in [-0.3, -0.25) is 14.5 Å². The number of ether oxygens (including phenoxy) is 1. The van der Waals surface area contributed by atoms with Gasteiger partial charge in [-0.1, -0.05) is 0 Å². The molecule has 0 bridgehead atoms. The van der Waals surface area contributed by atoms with Gasteiger partial charge in [-0.15, -0.1) is 0 Å². The number of likely N-dealkylation sites (tertiary alicyclic amines) is 1. The lowest BCUT2D eigenvalue weighted by molar-refractivity contribution is -0.149. The Morgan fingerprint density at radius 3 is 2.50 bits per heavy atom. The summed E-state index contributed by atoms with van der Waals surface area (Å²) in [5.41, 5.74) is 1.23. The molecule has 0 spiro atoms. The van der Waals surface area contributed by atoms with E-state index in [9.17, 15) is 9.59 Å². The highest BCUT2D eigenvalue weighted by Gasteiger charge is 2.30. The Bertz CT molecular complexity index is 613. The first-order chi connectivity index (χ1) is 11.5. The second-order valence-corrected chi connectivity index (χ2v) is 5.92. The summed E-state index contributed by atoms with van der Waals surface area (Å²) in [6, 6.07) is 8.55. The van der Waals surface area contributed by atoms with Crippen molar-refractivity contribution >= 4 is 17.6 Å². The smallest absolute Gasteiger partial charge is 0.309 e. The van der Waals surface area contributed by atoms with Gasteiger partial charge in [0.25, 0.3) is 0 Å². The molecule has 0 unspecified atom stereocenters. The Hall–Kier alpha value is -2.39. The van der Waals surface area contributed by atoms with Crippen LogP contribution in [0.1, 0.15) is 32.3 Å². The van der Waals surface area contributed by atoms with Crippen molar-refractivity contribution in [1.29, 1.82) is 5.26 Å². The molecule has 24 heavy (non-hydrogen) atoms. The fraction of sp³-hybridized carbons (Fsp3) is 0.500. The van der Waals surface area contributed by atoms with Gasteiger partial charge < -0.3 is 10.1 Å². The van der Waals surface area contributed by atoms with Crippen molar-refractivity contribution in [3.05, 3.63) is 29.8 Å². The molecule has 1 aromatic rings.